The zero-order chi connectivity index (χ0) is 14.9. The summed E-state index contributed by atoms with van der Waals surface area (Å²) >= 11 is 0. The average molecular weight is 285 g/mol. The Morgan fingerprint density at radius 1 is 1.19 bits per heavy atom. The van der Waals surface area contributed by atoms with Crippen molar-refractivity contribution in [2.45, 2.75) is 19.4 Å². The maximum atomic E-state index is 11.9. The van der Waals surface area contributed by atoms with Crippen molar-refractivity contribution in [3.05, 3.63) is 65.5 Å². The molecule has 4 heteroatoms. The first-order chi connectivity index (χ1) is 10.3. The van der Waals surface area contributed by atoms with Crippen LogP contribution in [0.2, 0.25) is 0 Å². The zero-order valence-corrected chi connectivity index (χ0v) is 12.1. The minimum Gasteiger partial charge on any atom is -0.462 e. The second kappa shape index (κ2) is 8.17. The standard InChI is InChI=1S/C17H19NO3/c1-20-13-15-5-2-8-16(11-15)17(19)21-10-4-7-14-6-3-9-18-12-14/h2-3,5-6,8-9,11-12H,4,7,10,13H2,1H3. The van der Waals surface area contributed by atoms with Gasteiger partial charge in [-0.05, 0) is 42.2 Å². The molecule has 4 nitrogen and oxygen atoms in total. The number of nitrogens with zero attached hydrogens (tertiary/aromatic N) is 1. The summed E-state index contributed by atoms with van der Waals surface area (Å²) in [6.07, 6.45) is 5.21. The second-order valence-corrected chi connectivity index (χ2v) is 4.73. The third-order valence-electron chi connectivity index (χ3n) is 3.04. The Morgan fingerprint density at radius 3 is 2.81 bits per heavy atom. The number of hydrogen-bond acceptors (Lipinski definition) is 4. The van der Waals surface area contributed by atoms with Crippen LogP contribution in [0.25, 0.3) is 0 Å². The van der Waals surface area contributed by atoms with Crippen LogP contribution in [0.5, 0.6) is 0 Å². The zero-order valence-electron chi connectivity index (χ0n) is 12.1. The molecule has 0 saturated carbocycles. The molecule has 0 bridgehead atoms. The van der Waals surface area contributed by atoms with E-state index < -0.39 is 0 Å². The van der Waals surface area contributed by atoms with Gasteiger partial charge in [-0.15, -0.1) is 0 Å². The fraction of sp³-hybridized carbons (Fsp3) is 0.294. The number of aryl methyl sites for hydroxylation is 1. The fourth-order valence-electron chi connectivity index (χ4n) is 2.03. The van der Waals surface area contributed by atoms with Crippen LogP contribution in [0.3, 0.4) is 0 Å². The summed E-state index contributed by atoms with van der Waals surface area (Å²) in [5.41, 5.74) is 2.67. The average Bonchev–Trinajstić information content (AvgIpc) is 2.53. The Kier molecular flexibility index (Phi) is 5.91. The third kappa shape index (κ3) is 5.00. The molecule has 0 aliphatic rings. The molecule has 2 rings (SSSR count). The number of aromatic nitrogens is 1. The summed E-state index contributed by atoms with van der Waals surface area (Å²) < 4.78 is 10.3. The van der Waals surface area contributed by atoms with Gasteiger partial charge in [-0.2, -0.15) is 0 Å². The number of hydrogen-bond donors (Lipinski definition) is 0. The van der Waals surface area contributed by atoms with Crippen molar-refractivity contribution in [1.29, 1.82) is 0 Å². The molecule has 0 fully saturated rings. The van der Waals surface area contributed by atoms with Crippen molar-refractivity contribution in [2.24, 2.45) is 0 Å². The number of rotatable bonds is 7. The molecule has 110 valence electrons. The Labute approximate surface area is 124 Å². The normalized spacial score (nSPS) is 10.3. The molecule has 0 saturated heterocycles. The summed E-state index contributed by atoms with van der Waals surface area (Å²) in [6, 6.07) is 11.2. The predicted octanol–water partition coefficient (Wildman–Crippen LogP) is 3.02. The smallest absolute Gasteiger partial charge is 0.338 e. The number of carbonyl (C=O) groups is 1. The van der Waals surface area contributed by atoms with Crippen LogP contribution >= 0.6 is 0 Å². The SMILES string of the molecule is COCc1cccc(C(=O)OCCCc2cccnc2)c1. The molecule has 1 aromatic heterocycles. The first-order valence-electron chi connectivity index (χ1n) is 6.93. The molecule has 0 unspecified atom stereocenters. The van der Waals surface area contributed by atoms with E-state index in [1.54, 1.807) is 25.4 Å². The van der Waals surface area contributed by atoms with E-state index in [1.165, 1.54) is 0 Å². The van der Waals surface area contributed by atoms with Gasteiger partial charge in [0.2, 0.25) is 0 Å². The molecule has 2 aromatic rings. The Bertz CT molecular complexity index is 569. The van der Waals surface area contributed by atoms with Crippen molar-refractivity contribution in [1.82, 2.24) is 4.98 Å². The molecule has 0 aliphatic carbocycles. The van der Waals surface area contributed by atoms with Crippen molar-refractivity contribution >= 4 is 5.97 Å². The summed E-state index contributed by atoms with van der Waals surface area (Å²) in [5, 5.41) is 0. The minimum atomic E-state index is -0.292. The molecule has 0 aliphatic heterocycles. The van der Waals surface area contributed by atoms with Gasteiger partial charge >= 0.3 is 5.97 Å². The topological polar surface area (TPSA) is 48.4 Å². The van der Waals surface area contributed by atoms with Crippen molar-refractivity contribution in [3.63, 3.8) is 0 Å². The largest absolute Gasteiger partial charge is 0.462 e. The van der Waals surface area contributed by atoms with E-state index in [1.807, 2.05) is 30.5 Å². The third-order valence-corrected chi connectivity index (χ3v) is 3.04. The Hall–Kier alpha value is -2.20. The van der Waals surface area contributed by atoms with E-state index >= 15 is 0 Å². The van der Waals surface area contributed by atoms with Gasteiger partial charge < -0.3 is 9.47 Å². The van der Waals surface area contributed by atoms with Crippen molar-refractivity contribution in [2.75, 3.05) is 13.7 Å². The van der Waals surface area contributed by atoms with E-state index in [0.29, 0.717) is 18.8 Å². The van der Waals surface area contributed by atoms with E-state index in [4.69, 9.17) is 9.47 Å². The first kappa shape index (κ1) is 15.2. The van der Waals surface area contributed by atoms with Gasteiger partial charge in [0.05, 0.1) is 18.8 Å². The van der Waals surface area contributed by atoms with Crippen LogP contribution in [0.4, 0.5) is 0 Å². The number of pyridine rings is 1. The lowest BCUT2D eigenvalue weighted by atomic mass is 10.1. The highest BCUT2D eigenvalue weighted by molar-refractivity contribution is 5.89. The number of benzene rings is 1. The molecule has 0 spiro atoms. The molecule has 0 N–H and O–H groups in total. The lowest BCUT2D eigenvalue weighted by molar-refractivity contribution is 0.0500. The molecule has 1 aromatic carbocycles. The second-order valence-electron chi connectivity index (χ2n) is 4.73. The number of carbonyl (C=O) groups excluding carboxylic acids is 1. The summed E-state index contributed by atoms with van der Waals surface area (Å²) in [7, 11) is 1.63. The lowest BCUT2D eigenvalue weighted by Crippen LogP contribution is -2.07. The van der Waals surface area contributed by atoms with E-state index in [-0.39, 0.29) is 5.97 Å². The van der Waals surface area contributed by atoms with Crippen LogP contribution in [-0.2, 0) is 22.5 Å². The molecule has 21 heavy (non-hydrogen) atoms. The molecular formula is C17H19NO3. The van der Waals surface area contributed by atoms with Gasteiger partial charge in [-0.1, -0.05) is 18.2 Å². The molecular weight excluding hydrogens is 266 g/mol. The maximum Gasteiger partial charge on any atom is 0.338 e. The summed E-state index contributed by atoms with van der Waals surface area (Å²) in [6.45, 7) is 0.893. The lowest BCUT2D eigenvalue weighted by Gasteiger charge is -2.06. The van der Waals surface area contributed by atoms with E-state index in [0.717, 1.165) is 24.0 Å². The molecule has 1 heterocycles. The van der Waals surface area contributed by atoms with Crippen LogP contribution in [0.15, 0.2) is 48.8 Å². The van der Waals surface area contributed by atoms with Crippen LogP contribution in [-0.4, -0.2) is 24.7 Å². The quantitative estimate of drug-likeness (QED) is 0.579. The highest BCUT2D eigenvalue weighted by Crippen LogP contribution is 2.08. The van der Waals surface area contributed by atoms with E-state index in [2.05, 4.69) is 4.98 Å². The molecule has 0 amide bonds. The highest BCUT2D eigenvalue weighted by atomic mass is 16.5. The van der Waals surface area contributed by atoms with Gasteiger partial charge in [0.25, 0.3) is 0 Å². The van der Waals surface area contributed by atoms with Crippen LogP contribution in [0, 0.1) is 0 Å². The summed E-state index contributed by atoms with van der Waals surface area (Å²) in [5.74, 6) is -0.292. The fourth-order valence-corrected chi connectivity index (χ4v) is 2.03. The Morgan fingerprint density at radius 2 is 2.05 bits per heavy atom. The Balaban J connectivity index is 1.78. The van der Waals surface area contributed by atoms with Gasteiger partial charge in [0.1, 0.15) is 0 Å². The maximum absolute atomic E-state index is 11.9. The molecule has 0 radical (unpaired) electrons. The number of ether oxygens (including phenoxy) is 2. The molecule has 0 atom stereocenters. The van der Waals surface area contributed by atoms with Crippen molar-refractivity contribution < 1.29 is 14.3 Å². The van der Waals surface area contributed by atoms with E-state index in [9.17, 15) is 4.79 Å². The minimum absolute atomic E-state index is 0.292. The van der Waals surface area contributed by atoms with Gasteiger partial charge in [-0.25, -0.2) is 4.79 Å². The predicted molar refractivity (Wildman–Crippen MR) is 80.0 cm³/mol. The number of esters is 1. The number of methoxy groups -OCH3 is 1. The monoisotopic (exact) mass is 285 g/mol. The first-order valence-corrected chi connectivity index (χ1v) is 6.93. The van der Waals surface area contributed by atoms with Crippen LogP contribution in [0.1, 0.15) is 27.9 Å². The highest BCUT2D eigenvalue weighted by Gasteiger charge is 2.07. The van der Waals surface area contributed by atoms with Crippen molar-refractivity contribution in [3.8, 4) is 0 Å². The van der Waals surface area contributed by atoms with Gasteiger partial charge in [0.15, 0.2) is 0 Å². The van der Waals surface area contributed by atoms with Gasteiger partial charge in [0, 0.05) is 19.5 Å². The van der Waals surface area contributed by atoms with Gasteiger partial charge in [-0.3, -0.25) is 4.98 Å². The van der Waals surface area contributed by atoms with Crippen LogP contribution < -0.4 is 0 Å². The summed E-state index contributed by atoms with van der Waals surface area (Å²) in [4.78, 5) is 16.0.